The van der Waals surface area contributed by atoms with Crippen molar-refractivity contribution in [2.45, 2.75) is 6.54 Å². The zero-order valence-electron chi connectivity index (χ0n) is 15.2. The number of rotatable bonds is 7. The van der Waals surface area contributed by atoms with Crippen molar-refractivity contribution in [2.75, 3.05) is 21.3 Å². The standard InChI is InChI=1S/C18H19N5O4/c1-25-15-8-12(9-16(26-2)17(15)27-3)10-19-18(24)13-6-4-5-7-14(13)23-11-20-21-22-23/h4-9,11H,10H2,1-3H3,(H,19,24). The van der Waals surface area contributed by atoms with Crippen LogP contribution in [0.5, 0.6) is 17.2 Å². The normalized spacial score (nSPS) is 10.3. The summed E-state index contributed by atoms with van der Waals surface area (Å²) in [5, 5.41) is 13.9. The molecule has 27 heavy (non-hydrogen) atoms. The second-order valence-corrected chi connectivity index (χ2v) is 5.49. The molecule has 3 rings (SSSR count). The molecule has 0 fully saturated rings. The molecule has 0 aliphatic carbocycles. The van der Waals surface area contributed by atoms with E-state index in [1.54, 1.807) is 44.6 Å². The van der Waals surface area contributed by atoms with Crippen LogP contribution in [0.2, 0.25) is 0 Å². The maximum absolute atomic E-state index is 12.7. The Morgan fingerprint density at radius 2 is 1.78 bits per heavy atom. The Bertz CT molecular complexity index is 902. The van der Waals surface area contributed by atoms with E-state index in [9.17, 15) is 4.79 Å². The fourth-order valence-corrected chi connectivity index (χ4v) is 2.65. The summed E-state index contributed by atoms with van der Waals surface area (Å²) < 4.78 is 17.4. The first-order valence-corrected chi connectivity index (χ1v) is 8.07. The summed E-state index contributed by atoms with van der Waals surface area (Å²) in [6, 6.07) is 10.6. The number of carbonyl (C=O) groups is 1. The first-order valence-electron chi connectivity index (χ1n) is 8.07. The summed E-state index contributed by atoms with van der Waals surface area (Å²) in [6.45, 7) is 0.277. The molecule has 1 aromatic heterocycles. The zero-order chi connectivity index (χ0) is 19.2. The van der Waals surface area contributed by atoms with Crippen molar-refractivity contribution in [2.24, 2.45) is 0 Å². The predicted molar refractivity (Wildman–Crippen MR) is 96.4 cm³/mol. The number of hydrogen-bond donors (Lipinski definition) is 1. The third kappa shape index (κ3) is 3.81. The molecule has 9 heteroatoms. The lowest BCUT2D eigenvalue weighted by Crippen LogP contribution is -2.24. The largest absolute Gasteiger partial charge is 0.493 e. The van der Waals surface area contributed by atoms with Crippen molar-refractivity contribution in [3.63, 3.8) is 0 Å². The first kappa shape index (κ1) is 18.2. The molecule has 0 aliphatic rings. The topological polar surface area (TPSA) is 100 Å². The van der Waals surface area contributed by atoms with Gasteiger partial charge in [0.2, 0.25) is 5.75 Å². The maximum Gasteiger partial charge on any atom is 0.253 e. The molecular formula is C18H19N5O4. The van der Waals surface area contributed by atoms with Crippen molar-refractivity contribution < 1.29 is 19.0 Å². The molecule has 2 aromatic carbocycles. The Labute approximate surface area is 155 Å². The quantitative estimate of drug-likeness (QED) is 0.675. The predicted octanol–water partition coefficient (Wildman–Crippen LogP) is 1.62. The molecule has 0 bridgehead atoms. The molecule has 9 nitrogen and oxygen atoms in total. The lowest BCUT2D eigenvalue weighted by atomic mass is 10.1. The van der Waals surface area contributed by atoms with Crippen molar-refractivity contribution >= 4 is 5.91 Å². The van der Waals surface area contributed by atoms with Gasteiger partial charge in [0.25, 0.3) is 5.91 Å². The smallest absolute Gasteiger partial charge is 0.253 e. The van der Waals surface area contributed by atoms with Crippen LogP contribution in [0.1, 0.15) is 15.9 Å². The number of nitrogens with one attached hydrogen (secondary N) is 1. The van der Waals surface area contributed by atoms with Crippen LogP contribution in [0.3, 0.4) is 0 Å². The summed E-state index contributed by atoms with van der Waals surface area (Å²) in [4.78, 5) is 12.7. The van der Waals surface area contributed by atoms with Crippen LogP contribution in [0, 0.1) is 0 Å². The van der Waals surface area contributed by atoms with E-state index in [1.165, 1.54) is 18.1 Å². The minimum absolute atomic E-state index is 0.255. The number of ether oxygens (including phenoxy) is 3. The number of amides is 1. The summed E-state index contributed by atoms with van der Waals surface area (Å²) >= 11 is 0. The second-order valence-electron chi connectivity index (χ2n) is 5.49. The Morgan fingerprint density at radius 1 is 1.07 bits per heavy atom. The van der Waals surface area contributed by atoms with E-state index in [0.29, 0.717) is 28.5 Å². The first-order chi connectivity index (χ1) is 13.2. The van der Waals surface area contributed by atoms with Crippen molar-refractivity contribution in [1.82, 2.24) is 25.5 Å². The number of aromatic nitrogens is 4. The van der Waals surface area contributed by atoms with Gasteiger partial charge in [-0.15, -0.1) is 5.10 Å². The van der Waals surface area contributed by atoms with Crippen LogP contribution in [0.15, 0.2) is 42.7 Å². The van der Waals surface area contributed by atoms with Crippen LogP contribution < -0.4 is 19.5 Å². The average Bonchev–Trinajstić information content (AvgIpc) is 3.25. The van der Waals surface area contributed by atoms with Gasteiger partial charge in [-0.25, -0.2) is 0 Å². The van der Waals surface area contributed by atoms with Gasteiger partial charge in [0, 0.05) is 6.54 Å². The second kappa shape index (κ2) is 8.17. The monoisotopic (exact) mass is 369 g/mol. The van der Waals surface area contributed by atoms with Gasteiger partial charge in [0.05, 0.1) is 32.6 Å². The van der Waals surface area contributed by atoms with Crippen LogP contribution >= 0.6 is 0 Å². The van der Waals surface area contributed by atoms with Crippen molar-refractivity contribution in [3.05, 3.63) is 53.9 Å². The van der Waals surface area contributed by atoms with Gasteiger partial charge in [-0.1, -0.05) is 12.1 Å². The van der Waals surface area contributed by atoms with Crippen LogP contribution in [-0.4, -0.2) is 47.4 Å². The van der Waals surface area contributed by atoms with Crippen LogP contribution in [0.4, 0.5) is 0 Å². The van der Waals surface area contributed by atoms with E-state index in [-0.39, 0.29) is 12.5 Å². The molecule has 0 radical (unpaired) electrons. The van der Waals surface area contributed by atoms with Gasteiger partial charge < -0.3 is 19.5 Å². The molecular weight excluding hydrogens is 350 g/mol. The van der Waals surface area contributed by atoms with E-state index < -0.39 is 0 Å². The molecule has 140 valence electrons. The zero-order valence-corrected chi connectivity index (χ0v) is 15.2. The van der Waals surface area contributed by atoms with E-state index in [1.807, 2.05) is 6.07 Å². The number of methoxy groups -OCH3 is 3. The number of carbonyl (C=O) groups excluding carboxylic acids is 1. The minimum atomic E-state index is -0.255. The molecule has 0 unspecified atom stereocenters. The number of nitrogens with zero attached hydrogens (tertiary/aromatic N) is 4. The molecule has 0 saturated carbocycles. The third-order valence-electron chi connectivity index (χ3n) is 3.92. The highest BCUT2D eigenvalue weighted by atomic mass is 16.5. The van der Waals surface area contributed by atoms with Gasteiger partial charge in [-0.2, -0.15) is 4.68 Å². The van der Waals surface area contributed by atoms with E-state index in [2.05, 4.69) is 20.8 Å². The van der Waals surface area contributed by atoms with E-state index in [4.69, 9.17) is 14.2 Å². The fourth-order valence-electron chi connectivity index (χ4n) is 2.65. The highest BCUT2D eigenvalue weighted by molar-refractivity contribution is 5.97. The molecule has 1 heterocycles. The van der Waals surface area contributed by atoms with E-state index in [0.717, 1.165) is 5.56 Å². The fraction of sp³-hybridized carbons (Fsp3) is 0.222. The summed E-state index contributed by atoms with van der Waals surface area (Å²) in [6.07, 6.45) is 1.44. The molecule has 0 atom stereocenters. The highest BCUT2D eigenvalue weighted by Gasteiger charge is 2.16. The highest BCUT2D eigenvalue weighted by Crippen LogP contribution is 2.38. The summed E-state index contributed by atoms with van der Waals surface area (Å²) in [5.74, 6) is 1.29. The maximum atomic E-state index is 12.7. The number of hydrogen-bond acceptors (Lipinski definition) is 7. The third-order valence-corrected chi connectivity index (χ3v) is 3.92. The van der Waals surface area contributed by atoms with E-state index >= 15 is 0 Å². The molecule has 3 aromatic rings. The molecule has 1 amide bonds. The SMILES string of the molecule is COc1cc(CNC(=O)c2ccccc2-n2cnnn2)cc(OC)c1OC. The Hall–Kier alpha value is -3.62. The molecule has 0 spiro atoms. The average molecular weight is 369 g/mol. The molecule has 1 N–H and O–H groups in total. The van der Waals surface area contributed by atoms with Crippen LogP contribution in [-0.2, 0) is 6.54 Å². The molecule has 0 aliphatic heterocycles. The lowest BCUT2D eigenvalue weighted by molar-refractivity contribution is 0.0950. The summed E-state index contributed by atoms with van der Waals surface area (Å²) in [7, 11) is 4.63. The minimum Gasteiger partial charge on any atom is -0.493 e. The van der Waals surface area contributed by atoms with Gasteiger partial charge in [-0.3, -0.25) is 4.79 Å². The van der Waals surface area contributed by atoms with Crippen molar-refractivity contribution in [1.29, 1.82) is 0 Å². The van der Waals surface area contributed by atoms with Gasteiger partial charge >= 0.3 is 0 Å². The Balaban J connectivity index is 1.81. The summed E-state index contributed by atoms with van der Waals surface area (Å²) in [5.41, 5.74) is 1.85. The lowest BCUT2D eigenvalue weighted by Gasteiger charge is -2.15. The van der Waals surface area contributed by atoms with Gasteiger partial charge in [0.15, 0.2) is 11.5 Å². The van der Waals surface area contributed by atoms with Crippen molar-refractivity contribution in [3.8, 4) is 22.9 Å². The van der Waals surface area contributed by atoms with Gasteiger partial charge in [0.1, 0.15) is 6.33 Å². The van der Waals surface area contributed by atoms with Crippen LogP contribution in [0.25, 0.3) is 5.69 Å². The number of para-hydroxylation sites is 1. The van der Waals surface area contributed by atoms with Gasteiger partial charge in [-0.05, 0) is 40.3 Å². The number of benzene rings is 2. The Kier molecular flexibility index (Phi) is 5.50. The number of tetrazole rings is 1. The molecule has 0 saturated heterocycles. The Morgan fingerprint density at radius 3 is 2.37 bits per heavy atom.